The van der Waals surface area contributed by atoms with Crippen molar-refractivity contribution >= 4 is 23.4 Å². The fourth-order valence-corrected chi connectivity index (χ4v) is 2.84. The summed E-state index contributed by atoms with van der Waals surface area (Å²) in [5.74, 6) is 0.995. The van der Waals surface area contributed by atoms with E-state index in [0.29, 0.717) is 35.3 Å². The highest BCUT2D eigenvalue weighted by Crippen LogP contribution is 2.37. The van der Waals surface area contributed by atoms with Crippen molar-refractivity contribution in [1.29, 1.82) is 0 Å². The zero-order chi connectivity index (χ0) is 17.1. The molecule has 3 rings (SSSR count). The summed E-state index contributed by atoms with van der Waals surface area (Å²) < 4.78 is 5.58. The minimum atomic E-state index is -0.695. The average Bonchev–Trinajstić information content (AvgIpc) is 2.56. The molecule has 1 aliphatic rings. The molecule has 7 heteroatoms. The number of urea groups is 1. The van der Waals surface area contributed by atoms with Gasteiger partial charge in [0.05, 0.1) is 29.5 Å². The van der Waals surface area contributed by atoms with Crippen LogP contribution in [0.25, 0.3) is 0 Å². The number of amides is 2. The Hall–Kier alpha value is -2.31. The first-order valence-electron chi connectivity index (χ1n) is 7.68. The molecule has 2 aromatic rings. The van der Waals surface area contributed by atoms with E-state index in [2.05, 4.69) is 15.6 Å². The summed E-state index contributed by atoms with van der Waals surface area (Å²) in [4.78, 5) is 16.5. The molecule has 1 aliphatic heterocycles. The lowest BCUT2D eigenvalue weighted by atomic mass is 10.0. The Labute approximate surface area is 144 Å². The van der Waals surface area contributed by atoms with Crippen molar-refractivity contribution in [2.24, 2.45) is 0 Å². The molecule has 1 aromatic carbocycles. The number of aliphatic hydroxyl groups is 1. The van der Waals surface area contributed by atoms with Crippen LogP contribution < -0.4 is 15.4 Å². The van der Waals surface area contributed by atoms with Crippen LogP contribution in [-0.4, -0.2) is 22.7 Å². The van der Waals surface area contributed by atoms with Crippen LogP contribution in [-0.2, 0) is 0 Å². The van der Waals surface area contributed by atoms with Crippen molar-refractivity contribution in [2.45, 2.75) is 25.5 Å². The largest absolute Gasteiger partial charge is 0.492 e. The van der Waals surface area contributed by atoms with Gasteiger partial charge in [-0.05, 0) is 25.1 Å². The predicted molar refractivity (Wildman–Crippen MR) is 91.3 cm³/mol. The molecular weight excluding hydrogens is 330 g/mol. The van der Waals surface area contributed by atoms with Gasteiger partial charge in [0.15, 0.2) is 0 Å². The van der Waals surface area contributed by atoms with E-state index in [1.807, 2.05) is 12.1 Å². The Morgan fingerprint density at radius 1 is 1.38 bits per heavy atom. The summed E-state index contributed by atoms with van der Waals surface area (Å²) >= 11 is 6.13. The molecule has 24 heavy (non-hydrogen) atoms. The first kappa shape index (κ1) is 16.5. The molecule has 3 N–H and O–H groups in total. The Balaban J connectivity index is 1.70. The van der Waals surface area contributed by atoms with Crippen LogP contribution in [0.4, 0.5) is 10.6 Å². The topological polar surface area (TPSA) is 83.5 Å². The number of aliphatic hydroxyl groups excluding tert-OH is 1. The van der Waals surface area contributed by atoms with Gasteiger partial charge in [-0.2, -0.15) is 0 Å². The van der Waals surface area contributed by atoms with Crippen LogP contribution in [0.15, 0.2) is 36.4 Å². The minimum absolute atomic E-state index is 0.188. The molecule has 0 bridgehead atoms. The van der Waals surface area contributed by atoms with E-state index in [4.69, 9.17) is 16.3 Å². The lowest BCUT2D eigenvalue weighted by molar-refractivity contribution is 0.194. The third-order valence-corrected chi connectivity index (χ3v) is 4.07. The SMILES string of the molecule is CC(O)c1cccc(NC(=O)N[C@H]2CCOc3c(Cl)cccc32)n1. The zero-order valence-electron chi connectivity index (χ0n) is 13.1. The molecule has 1 aromatic heterocycles. The molecule has 2 heterocycles. The minimum Gasteiger partial charge on any atom is -0.492 e. The molecule has 0 spiro atoms. The lowest BCUT2D eigenvalue weighted by Gasteiger charge is -2.27. The van der Waals surface area contributed by atoms with Gasteiger partial charge in [0.25, 0.3) is 0 Å². The van der Waals surface area contributed by atoms with Gasteiger partial charge in [0, 0.05) is 12.0 Å². The first-order chi connectivity index (χ1) is 11.5. The van der Waals surface area contributed by atoms with E-state index in [1.165, 1.54) is 0 Å². The Morgan fingerprint density at radius 3 is 2.96 bits per heavy atom. The third kappa shape index (κ3) is 3.60. The second kappa shape index (κ2) is 7.07. The van der Waals surface area contributed by atoms with Gasteiger partial charge in [-0.25, -0.2) is 9.78 Å². The number of rotatable bonds is 3. The highest BCUT2D eigenvalue weighted by Gasteiger charge is 2.24. The molecule has 1 unspecified atom stereocenters. The third-order valence-electron chi connectivity index (χ3n) is 3.77. The van der Waals surface area contributed by atoms with Crippen molar-refractivity contribution in [2.75, 3.05) is 11.9 Å². The van der Waals surface area contributed by atoms with E-state index in [9.17, 15) is 9.90 Å². The number of hydrogen-bond donors (Lipinski definition) is 3. The number of carbonyl (C=O) groups excluding carboxylic acids is 1. The molecule has 0 aliphatic carbocycles. The van der Waals surface area contributed by atoms with Crippen LogP contribution in [0.1, 0.15) is 36.7 Å². The van der Waals surface area contributed by atoms with Gasteiger partial charge in [-0.1, -0.05) is 29.8 Å². The summed E-state index contributed by atoms with van der Waals surface area (Å²) in [6, 6.07) is 10.0. The van der Waals surface area contributed by atoms with Crippen molar-refractivity contribution in [1.82, 2.24) is 10.3 Å². The lowest BCUT2D eigenvalue weighted by Crippen LogP contribution is -2.35. The molecule has 0 saturated carbocycles. The van der Waals surface area contributed by atoms with Gasteiger partial charge in [0.1, 0.15) is 11.6 Å². The van der Waals surface area contributed by atoms with Crippen molar-refractivity contribution in [3.63, 3.8) is 0 Å². The second-order valence-corrected chi connectivity index (χ2v) is 5.98. The smallest absolute Gasteiger partial charge is 0.320 e. The van der Waals surface area contributed by atoms with Gasteiger partial charge in [-0.3, -0.25) is 5.32 Å². The summed E-state index contributed by atoms with van der Waals surface area (Å²) in [5, 5.41) is 15.7. The standard InChI is InChI=1S/C17H18ClN3O3/c1-10(22)13-6-3-7-15(19-13)21-17(23)20-14-8-9-24-16-11(14)4-2-5-12(16)18/h2-7,10,14,22H,8-9H2,1H3,(H2,19,20,21,23)/t10?,14-/m0/s1. The van der Waals surface area contributed by atoms with E-state index >= 15 is 0 Å². The van der Waals surface area contributed by atoms with Crippen LogP contribution in [0.3, 0.4) is 0 Å². The fourth-order valence-electron chi connectivity index (χ4n) is 2.60. The van der Waals surface area contributed by atoms with Crippen LogP contribution in [0, 0.1) is 0 Å². The van der Waals surface area contributed by atoms with Crippen molar-refractivity contribution in [3.05, 3.63) is 52.7 Å². The highest BCUT2D eigenvalue weighted by atomic mass is 35.5. The monoisotopic (exact) mass is 347 g/mol. The summed E-state index contributed by atoms with van der Waals surface area (Å²) in [7, 11) is 0. The molecular formula is C17H18ClN3O3. The Morgan fingerprint density at radius 2 is 2.17 bits per heavy atom. The van der Waals surface area contributed by atoms with E-state index in [1.54, 1.807) is 31.2 Å². The van der Waals surface area contributed by atoms with E-state index in [0.717, 1.165) is 5.56 Å². The number of aromatic nitrogens is 1. The number of hydrogen-bond acceptors (Lipinski definition) is 4. The number of nitrogens with zero attached hydrogens (tertiary/aromatic N) is 1. The van der Waals surface area contributed by atoms with Crippen LogP contribution in [0.2, 0.25) is 5.02 Å². The number of carbonyl (C=O) groups is 1. The van der Waals surface area contributed by atoms with Gasteiger partial charge in [0.2, 0.25) is 0 Å². The zero-order valence-corrected chi connectivity index (χ0v) is 13.9. The number of para-hydroxylation sites is 1. The molecule has 0 saturated heterocycles. The normalized spacial score (nSPS) is 17.4. The number of fused-ring (bicyclic) bond motifs is 1. The Bertz CT molecular complexity index is 752. The predicted octanol–water partition coefficient (Wildman–Crippen LogP) is 3.43. The molecule has 0 fully saturated rings. The Kier molecular flexibility index (Phi) is 4.87. The molecule has 126 valence electrons. The second-order valence-electron chi connectivity index (χ2n) is 5.57. The molecule has 6 nitrogen and oxygen atoms in total. The van der Waals surface area contributed by atoms with E-state index < -0.39 is 6.10 Å². The van der Waals surface area contributed by atoms with Gasteiger partial charge >= 0.3 is 6.03 Å². The number of anilines is 1. The molecule has 0 radical (unpaired) electrons. The van der Waals surface area contributed by atoms with Crippen LogP contribution >= 0.6 is 11.6 Å². The maximum atomic E-state index is 12.3. The number of ether oxygens (including phenoxy) is 1. The maximum absolute atomic E-state index is 12.3. The number of nitrogens with one attached hydrogen (secondary N) is 2. The molecule has 2 atom stereocenters. The van der Waals surface area contributed by atoms with Crippen molar-refractivity contribution in [3.8, 4) is 5.75 Å². The van der Waals surface area contributed by atoms with Gasteiger partial charge in [-0.15, -0.1) is 0 Å². The van der Waals surface area contributed by atoms with Gasteiger partial charge < -0.3 is 15.2 Å². The summed E-state index contributed by atoms with van der Waals surface area (Å²) in [6.45, 7) is 2.10. The van der Waals surface area contributed by atoms with Crippen LogP contribution in [0.5, 0.6) is 5.75 Å². The molecule has 2 amide bonds. The number of halogens is 1. The highest BCUT2D eigenvalue weighted by molar-refractivity contribution is 6.32. The average molecular weight is 348 g/mol. The summed E-state index contributed by atoms with van der Waals surface area (Å²) in [6.07, 6.45) is -0.0404. The van der Waals surface area contributed by atoms with E-state index in [-0.39, 0.29) is 12.1 Å². The maximum Gasteiger partial charge on any atom is 0.320 e. The quantitative estimate of drug-likeness (QED) is 0.794. The van der Waals surface area contributed by atoms with Crippen molar-refractivity contribution < 1.29 is 14.6 Å². The number of pyridine rings is 1. The fraction of sp³-hybridized carbons (Fsp3) is 0.294. The number of benzene rings is 1. The first-order valence-corrected chi connectivity index (χ1v) is 8.06. The summed E-state index contributed by atoms with van der Waals surface area (Å²) in [5.41, 5.74) is 1.35.